The van der Waals surface area contributed by atoms with Gasteiger partial charge in [-0.1, -0.05) is 0 Å². The summed E-state index contributed by atoms with van der Waals surface area (Å²) < 4.78 is 0. The van der Waals surface area contributed by atoms with Gasteiger partial charge in [0.15, 0.2) is 0 Å². The molecule has 0 bridgehead atoms. The summed E-state index contributed by atoms with van der Waals surface area (Å²) in [5.74, 6) is -0.0706. The Morgan fingerprint density at radius 3 is 2.44 bits per heavy atom. The Bertz CT molecular complexity index is 219. The molecule has 3 N–H and O–H groups in total. The Hall–Kier alpha value is -1.10. The minimum atomic E-state index is -0.100. The third-order valence-corrected chi connectivity index (χ3v) is 2.29. The van der Waals surface area contributed by atoms with Crippen molar-refractivity contribution in [2.75, 3.05) is 26.2 Å². The zero-order chi connectivity index (χ0) is 12.4. The van der Waals surface area contributed by atoms with Gasteiger partial charge in [0, 0.05) is 19.5 Å². The van der Waals surface area contributed by atoms with Gasteiger partial charge >= 0.3 is 0 Å². The van der Waals surface area contributed by atoms with Crippen molar-refractivity contribution in [2.24, 2.45) is 5.73 Å². The van der Waals surface area contributed by atoms with E-state index in [-0.39, 0.29) is 18.4 Å². The van der Waals surface area contributed by atoms with Crippen molar-refractivity contribution in [1.82, 2.24) is 10.2 Å². The van der Waals surface area contributed by atoms with Crippen LogP contribution in [0.4, 0.5) is 0 Å². The van der Waals surface area contributed by atoms with E-state index < -0.39 is 0 Å². The molecule has 0 aromatic heterocycles. The highest BCUT2D eigenvalue weighted by Gasteiger charge is 2.14. The van der Waals surface area contributed by atoms with Gasteiger partial charge in [-0.3, -0.25) is 9.59 Å². The van der Waals surface area contributed by atoms with Crippen LogP contribution >= 0.6 is 0 Å². The maximum atomic E-state index is 11.7. The van der Waals surface area contributed by atoms with E-state index in [1.807, 2.05) is 13.8 Å². The number of carbonyl (C=O) groups is 2. The van der Waals surface area contributed by atoms with Gasteiger partial charge in [0.05, 0.1) is 6.54 Å². The lowest BCUT2D eigenvalue weighted by atomic mass is 10.2. The molecule has 0 atom stereocenters. The molecule has 0 aromatic rings. The molecule has 0 aromatic carbocycles. The van der Waals surface area contributed by atoms with Crippen LogP contribution in [-0.2, 0) is 9.59 Å². The smallest absolute Gasteiger partial charge is 0.239 e. The monoisotopic (exact) mass is 229 g/mol. The highest BCUT2D eigenvalue weighted by molar-refractivity contribution is 5.84. The van der Waals surface area contributed by atoms with Crippen molar-refractivity contribution in [1.29, 1.82) is 0 Å². The van der Waals surface area contributed by atoms with Gasteiger partial charge in [-0.2, -0.15) is 0 Å². The number of rotatable bonds is 8. The molecule has 0 aliphatic carbocycles. The number of nitrogens with one attached hydrogen (secondary N) is 1. The van der Waals surface area contributed by atoms with Crippen molar-refractivity contribution in [3.63, 3.8) is 0 Å². The highest BCUT2D eigenvalue weighted by Crippen LogP contribution is 2.00. The van der Waals surface area contributed by atoms with Gasteiger partial charge in [0.1, 0.15) is 0 Å². The van der Waals surface area contributed by atoms with Gasteiger partial charge in [0.2, 0.25) is 11.8 Å². The number of amides is 2. The Morgan fingerprint density at radius 1 is 1.25 bits per heavy atom. The molecule has 0 rings (SSSR count). The summed E-state index contributed by atoms with van der Waals surface area (Å²) in [5.41, 5.74) is 5.35. The first kappa shape index (κ1) is 14.9. The van der Waals surface area contributed by atoms with Crippen molar-refractivity contribution in [3.8, 4) is 0 Å². The van der Waals surface area contributed by atoms with Crippen LogP contribution in [0.5, 0.6) is 0 Å². The van der Waals surface area contributed by atoms with Crippen LogP contribution in [0.3, 0.4) is 0 Å². The second-order valence-corrected chi connectivity index (χ2v) is 3.61. The largest absolute Gasteiger partial charge is 0.355 e. The van der Waals surface area contributed by atoms with Crippen molar-refractivity contribution in [3.05, 3.63) is 0 Å². The first-order valence-electron chi connectivity index (χ1n) is 5.90. The molecule has 0 saturated carbocycles. The van der Waals surface area contributed by atoms with E-state index in [1.165, 1.54) is 0 Å². The van der Waals surface area contributed by atoms with E-state index in [4.69, 9.17) is 5.73 Å². The summed E-state index contributed by atoms with van der Waals surface area (Å²) in [4.78, 5) is 24.6. The van der Waals surface area contributed by atoms with E-state index in [1.54, 1.807) is 4.90 Å². The molecule has 0 unspecified atom stereocenters. The fourth-order valence-electron chi connectivity index (χ4n) is 1.38. The maximum Gasteiger partial charge on any atom is 0.239 e. The normalized spacial score (nSPS) is 9.94. The average molecular weight is 229 g/mol. The number of nitrogens with two attached hydrogens (primary N) is 1. The molecule has 0 radical (unpaired) electrons. The zero-order valence-electron chi connectivity index (χ0n) is 10.3. The molecule has 5 heteroatoms. The van der Waals surface area contributed by atoms with E-state index in [9.17, 15) is 9.59 Å². The lowest BCUT2D eigenvalue weighted by Crippen LogP contribution is -2.40. The standard InChI is InChI=1S/C11H23N3O2/c1-3-13-10(15)9-14(4-2)11(16)7-5-6-8-12/h3-9,12H2,1-2H3,(H,13,15). The first-order valence-corrected chi connectivity index (χ1v) is 5.90. The minimum absolute atomic E-state index is 0.0298. The molecule has 0 fully saturated rings. The molecular formula is C11H23N3O2. The number of nitrogens with zero attached hydrogens (tertiary/aromatic N) is 1. The molecule has 0 heterocycles. The summed E-state index contributed by atoms with van der Waals surface area (Å²) in [6, 6.07) is 0. The van der Waals surface area contributed by atoms with E-state index in [2.05, 4.69) is 5.32 Å². The quantitative estimate of drug-likeness (QED) is 0.580. The van der Waals surface area contributed by atoms with Gasteiger partial charge in [0.25, 0.3) is 0 Å². The molecule has 16 heavy (non-hydrogen) atoms. The third-order valence-electron chi connectivity index (χ3n) is 2.29. The van der Waals surface area contributed by atoms with Gasteiger partial charge in [-0.15, -0.1) is 0 Å². The third kappa shape index (κ3) is 6.40. The second kappa shape index (κ2) is 9.15. The summed E-state index contributed by atoms with van der Waals surface area (Å²) in [6.07, 6.45) is 2.12. The van der Waals surface area contributed by atoms with E-state index in [0.29, 0.717) is 26.1 Å². The number of unbranched alkanes of at least 4 members (excludes halogenated alkanes) is 1. The lowest BCUT2D eigenvalue weighted by Gasteiger charge is -2.20. The summed E-state index contributed by atoms with van der Waals surface area (Å²) in [5, 5.41) is 2.68. The Morgan fingerprint density at radius 2 is 1.94 bits per heavy atom. The van der Waals surface area contributed by atoms with Crippen molar-refractivity contribution in [2.45, 2.75) is 33.1 Å². The highest BCUT2D eigenvalue weighted by atomic mass is 16.2. The molecular weight excluding hydrogens is 206 g/mol. The fourth-order valence-corrected chi connectivity index (χ4v) is 1.38. The Kier molecular flexibility index (Phi) is 8.52. The topological polar surface area (TPSA) is 75.4 Å². The molecule has 0 aliphatic rings. The SMILES string of the molecule is CCNC(=O)CN(CC)C(=O)CCCCN. The maximum absolute atomic E-state index is 11.7. The molecule has 0 aliphatic heterocycles. The minimum Gasteiger partial charge on any atom is -0.355 e. The fraction of sp³-hybridized carbons (Fsp3) is 0.818. The summed E-state index contributed by atoms with van der Waals surface area (Å²) in [6.45, 7) is 5.66. The lowest BCUT2D eigenvalue weighted by molar-refractivity contribution is -0.135. The van der Waals surface area contributed by atoms with E-state index in [0.717, 1.165) is 12.8 Å². The predicted molar refractivity (Wildman–Crippen MR) is 63.8 cm³/mol. The molecule has 0 saturated heterocycles. The van der Waals surface area contributed by atoms with Crippen LogP contribution in [-0.4, -0.2) is 42.9 Å². The van der Waals surface area contributed by atoms with Gasteiger partial charge in [-0.05, 0) is 33.2 Å². The van der Waals surface area contributed by atoms with Crippen molar-refractivity contribution < 1.29 is 9.59 Å². The molecule has 94 valence electrons. The molecule has 0 spiro atoms. The average Bonchev–Trinajstić information content (AvgIpc) is 2.26. The van der Waals surface area contributed by atoms with Crippen LogP contribution in [0.2, 0.25) is 0 Å². The number of carbonyl (C=O) groups excluding carboxylic acids is 2. The first-order chi connectivity index (χ1) is 7.65. The predicted octanol–water partition coefficient (Wildman–Crippen LogP) is 0.100. The van der Waals surface area contributed by atoms with Crippen LogP contribution in [0, 0.1) is 0 Å². The van der Waals surface area contributed by atoms with Crippen LogP contribution in [0.25, 0.3) is 0 Å². The van der Waals surface area contributed by atoms with Gasteiger partial charge in [-0.25, -0.2) is 0 Å². The number of likely N-dealkylation sites (N-methyl/N-ethyl adjacent to an activating group) is 2. The summed E-state index contributed by atoms with van der Waals surface area (Å²) in [7, 11) is 0. The van der Waals surface area contributed by atoms with Crippen LogP contribution in [0.1, 0.15) is 33.1 Å². The Labute approximate surface area is 97.4 Å². The molecule has 2 amide bonds. The second-order valence-electron chi connectivity index (χ2n) is 3.61. The number of hydrogen-bond donors (Lipinski definition) is 2. The number of hydrogen-bond acceptors (Lipinski definition) is 3. The van der Waals surface area contributed by atoms with Crippen LogP contribution in [0.15, 0.2) is 0 Å². The van der Waals surface area contributed by atoms with Crippen LogP contribution < -0.4 is 11.1 Å². The van der Waals surface area contributed by atoms with E-state index >= 15 is 0 Å². The molecule has 5 nitrogen and oxygen atoms in total. The van der Waals surface area contributed by atoms with Gasteiger partial charge < -0.3 is 16.0 Å². The summed E-state index contributed by atoms with van der Waals surface area (Å²) >= 11 is 0. The van der Waals surface area contributed by atoms with Crippen molar-refractivity contribution >= 4 is 11.8 Å². The Balaban J connectivity index is 3.96. The zero-order valence-corrected chi connectivity index (χ0v) is 10.3.